The Bertz CT molecular complexity index is 933. The Hall–Kier alpha value is -3.33. The monoisotopic (exact) mass is 308 g/mol. The zero-order valence-electron chi connectivity index (χ0n) is 12.9. The molecular weight excluding hydrogens is 294 g/mol. The van der Waals surface area contributed by atoms with Crippen molar-refractivity contribution < 1.29 is 0 Å². The van der Waals surface area contributed by atoms with Crippen LogP contribution in [0.15, 0.2) is 85.5 Å². The molecule has 0 aliphatic rings. The van der Waals surface area contributed by atoms with Gasteiger partial charge in [-0.1, -0.05) is 42.5 Å². The second-order valence-corrected chi connectivity index (χ2v) is 5.34. The summed E-state index contributed by atoms with van der Waals surface area (Å²) in [5.74, 6) is 0.686. The van der Waals surface area contributed by atoms with Crippen molar-refractivity contribution in [2.24, 2.45) is 0 Å². The molecule has 0 unspecified atom stereocenters. The van der Waals surface area contributed by atoms with E-state index in [9.17, 15) is 0 Å². The molecule has 4 aromatic rings. The minimum Gasteiger partial charge on any atom is -0.265 e. The molecule has 0 saturated heterocycles. The third kappa shape index (κ3) is 2.79. The molecule has 0 N–H and O–H groups in total. The first kappa shape index (κ1) is 14.3. The number of hydrogen-bond acceptors (Lipinski definition) is 3. The summed E-state index contributed by atoms with van der Waals surface area (Å²) in [6.07, 6.45) is 7.11. The van der Waals surface area contributed by atoms with E-state index in [4.69, 9.17) is 0 Å². The highest BCUT2D eigenvalue weighted by atomic mass is 14.9. The van der Waals surface area contributed by atoms with Crippen LogP contribution < -0.4 is 0 Å². The van der Waals surface area contributed by atoms with Gasteiger partial charge in [-0.2, -0.15) is 0 Å². The van der Waals surface area contributed by atoms with Crippen molar-refractivity contribution in [3.63, 3.8) is 0 Å². The van der Waals surface area contributed by atoms with Crippen LogP contribution in [0.3, 0.4) is 0 Å². The molecule has 0 saturated carbocycles. The largest absolute Gasteiger partial charge is 0.265 e. The molecule has 0 bridgehead atoms. The lowest BCUT2D eigenvalue weighted by Gasteiger charge is -2.09. The van der Waals surface area contributed by atoms with Gasteiger partial charge in [0.15, 0.2) is 5.82 Å². The van der Waals surface area contributed by atoms with Crippen LogP contribution in [0, 0.1) is 6.07 Å². The maximum atomic E-state index is 4.35. The van der Waals surface area contributed by atoms with Crippen LogP contribution in [0.25, 0.3) is 33.6 Å². The highest BCUT2D eigenvalue weighted by molar-refractivity contribution is 5.81. The molecule has 24 heavy (non-hydrogen) atoms. The van der Waals surface area contributed by atoms with Crippen LogP contribution in [0.4, 0.5) is 0 Å². The van der Waals surface area contributed by atoms with E-state index in [1.807, 2.05) is 30.3 Å². The molecule has 3 nitrogen and oxygen atoms in total. The zero-order valence-corrected chi connectivity index (χ0v) is 12.9. The van der Waals surface area contributed by atoms with Gasteiger partial charge in [-0.25, -0.2) is 9.97 Å². The SMILES string of the molecule is [c]1cccc(-c2ccc(-c3ccncc3)cc2)c1-c1ncccn1. The molecule has 2 heterocycles. The summed E-state index contributed by atoms with van der Waals surface area (Å²) in [4.78, 5) is 12.8. The first-order valence-corrected chi connectivity index (χ1v) is 7.71. The first-order chi connectivity index (χ1) is 11.9. The molecule has 4 rings (SSSR count). The fourth-order valence-electron chi connectivity index (χ4n) is 2.68. The Morgan fingerprint density at radius 2 is 1.29 bits per heavy atom. The van der Waals surface area contributed by atoms with Crippen molar-refractivity contribution in [2.75, 3.05) is 0 Å². The van der Waals surface area contributed by atoms with Gasteiger partial charge < -0.3 is 0 Å². The summed E-state index contributed by atoms with van der Waals surface area (Å²) in [5, 5.41) is 0. The van der Waals surface area contributed by atoms with Crippen molar-refractivity contribution >= 4 is 0 Å². The minimum atomic E-state index is 0.686. The molecular formula is C21H14N3. The van der Waals surface area contributed by atoms with E-state index in [0.29, 0.717) is 5.82 Å². The summed E-state index contributed by atoms with van der Waals surface area (Å²) in [7, 11) is 0. The molecule has 0 atom stereocenters. The Balaban J connectivity index is 1.75. The molecule has 1 radical (unpaired) electrons. The number of nitrogens with zero attached hydrogens (tertiary/aromatic N) is 3. The first-order valence-electron chi connectivity index (χ1n) is 7.71. The third-order valence-electron chi connectivity index (χ3n) is 3.86. The number of benzene rings is 2. The maximum absolute atomic E-state index is 4.35. The van der Waals surface area contributed by atoms with E-state index < -0.39 is 0 Å². The Labute approximate surface area is 140 Å². The lowest BCUT2D eigenvalue weighted by Crippen LogP contribution is -1.90. The molecule has 0 spiro atoms. The number of aromatic nitrogens is 3. The van der Waals surface area contributed by atoms with Crippen LogP contribution in [0.1, 0.15) is 0 Å². The third-order valence-corrected chi connectivity index (χ3v) is 3.86. The Kier molecular flexibility index (Phi) is 3.82. The molecule has 0 aliphatic carbocycles. The van der Waals surface area contributed by atoms with E-state index >= 15 is 0 Å². The van der Waals surface area contributed by atoms with Crippen LogP contribution in [-0.2, 0) is 0 Å². The molecule has 2 aromatic heterocycles. The average Bonchev–Trinajstić information content (AvgIpc) is 2.69. The number of pyridine rings is 1. The molecule has 2 aromatic carbocycles. The topological polar surface area (TPSA) is 38.7 Å². The highest BCUT2D eigenvalue weighted by Gasteiger charge is 2.09. The summed E-state index contributed by atoms with van der Waals surface area (Å²) in [5.41, 5.74) is 5.42. The quantitative estimate of drug-likeness (QED) is 0.552. The second-order valence-electron chi connectivity index (χ2n) is 5.34. The lowest BCUT2D eigenvalue weighted by molar-refractivity contribution is 1.18. The maximum Gasteiger partial charge on any atom is 0.160 e. The average molecular weight is 308 g/mol. The molecule has 0 aliphatic heterocycles. The zero-order chi connectivity index (χ0) is 16.2. The predicted octanol–water partition coefficient (Wildman–Crippen LogP) is 4.67. The van der Waals surface area contributed by atoms with Gasteiger partial charge in [0.2, 0.25) is 0 Å². The predicted molar refractivity (Wildman–Crippen MR) is 95.0 cm³/mol. The summed E-state index contributed by atoms with van der Waals surface area (Å²) in [6, 6.07) is 23.5. The van der Waals surface area contributed by atoms with Crippen LogP contribution >= 0.6 is 0 Å². The van der Waals surface area contributed by atoms with Crippen molar-refractivity contribution in [1.29, 1.82) is 0 Å². The van der Waals surface area contributed by atoms with Gasteiger partial charge in [-0.15, -0.1) is 0 Å². The molecule has 3 heteroatoms. The summed E-state index contributed by atoms with van der Waals surface area (Å²) >= 11 is 0. The lowest BCUT2D eigenvalue weighted by atomic mass is 9.97. The van der Waals surface area contributed by atoms with Gasteiger partial charge in [0.05, 0.1) is 0 Å². The van der Waals surface area contributed by atoms with E-state index in [1.165, 1.54) is 5.56 Å². The van der Waals surface area contributed by atoms with E-state index in [2.05, 4.69) is 51.4 Å². The normalized spacial score (nSPS) is 10.5. The molecule has 113 valence electrons. The van der Waals surface area contributed by atoms with E-state index in [0.717, 1.165) is 22.3 Å². The van der Waals surface area contributed by atoms with Gasteiger partial charge in [0.25, 0.3) is 0 Å². The van der Waals surface area contributed by atoms with Crippen LogP contribution in [-0.4, -0.2) is 15.0 Å². The van der Waals surface area contributed by atoms with Crippen molar-refractivity contribution in [1.82, 2.24) is 15.0 Å². The van der Waals surface area contributed by atoms with E-state index in [1.54, 1.807) is 24.8 Å². The summed E-state index contributed by atoms with van der Waals surface area (Å²) in [6.45, 7) is 0. The molecule has 0 fully saturated rings. The number of hydrogen-bond donors (Lipinski definition) is 0. The Morgan fingerprint density at radius 1 is 0.625 bits per heavy atom. The van der Waals surface area contributed by atoms with Crippen molar-refractivity contribution in [2.45, 2.75) is 0 Å². The van der Waals surface area contributed by atoms with Gasteiger partial charge in [0.1, 0.15) is 0 Å². The standard InChI is InChI=1S/C21H14N3/c1-2-5-20(21-23-12-3-13-24-21)19(4-1)18-8-6-16(7-9-18)17-10-14-22-15-11-17/h1-4,6-15H. The smallest absolute Gasteiger partial charge is 0.160 e. The highest BCUT2D eigenvalue weighted by Crippen LogP contribution is 2.31. The molecule has 0 amide bonds. The van der Waals surface area contributed by atoms with Crippen molar-refractivity contribution in [3.8, 4) is 33.6 Å². The van der Waals surface area contributed by atoms with Gasteiger partial charge in [0, 0.05) is 30.4 Å². The fraction of sp³-hybridized carbons (Fsp3) is 0. The van der Waals surface area contributed by atoms with Crippen LogP contribution in [0.5, 0.6) is 0 Å². The minimum absolute atomic E-state index is 0.686. The second kappa shape index (κ2) is 6.42. The fourth-order valence-corrected chi connectivity index (χ4v) is 2.68. The Morgan fingerprint density at radius 3 is 2.04 bits per heavy atom. The number of rotatable bonds is 3. The van der Waals surface area contributed by atoms with Gasteiger partial charge >= 0.3 is 0 Å². The van der Waals surface area contributed by atoms with Crippen LogP contribution in [0.2, 0.25) is 0 Å². The van der Waals surface area contributed by atoms with Gasteiger partial charge in [-0.05, 0) is 46.5 Å². The van der Waals surface area contributed by atoms with Gasteiger partial charge in [-0.3, -0.25) is 4.98 Å². The summed E-state index contributed by atoms with van der Waals surface area (Å²) < 4.78 is 0. The van der Waals surface area contributed by atoms with Crippen molar-refractivity contribution in [3.05, 3.63) is 91.5 Å². The van der Waals surface area contributed by atoms with E-state index in [-0.39, 0.29) is 0 Å².